The highest BCUT2D eigenvalue weighted by Crippen LogP contribution is 2.67. The Hall–Kier alpha value is -2.06. The Morgan fingerprint density at radius 3 is 1.96 bits per heavy atom. The summed E-state index contributed by atoms with van der Waals surface area (Å²) in [5.74, 6) is 2.39. The van der Waals surface area contributed by atoms with Gasteiger partial charge in [-0.3, -0.25) is 4.57 Å². The van der Waals surface area contributed by atoms with Crippen molar-refractivity contribution in [2.75, 3.05) is 7.11 Å². The van der Waals surface area contributed by atoms with Crippen LogP contribution in [0.3, 0.4) is 0 Å². The fraction of sp³-hybridized carbons (Fsp3) is 0.176. The Balaban J connectivity index is 2.63. The summed E-state index contributed by atoms with van der Waals surface area (Å²) in [6, 6.07) is 14.2. The van der Waals surface area contributed by atoms with E-state index in [1.165, 1.54) is 18.2 Å². The fourth-order valence-electron chi connectivity index (χ4n) is 2.09. The maximum absolute atomic E-state index is 13.6. The largest absolute Gasteiger partial charge is 0.431 e. The number of benzene rings is 2. The van der Waals surface area contributed by atoms with Crippen molar-refractivity contribution in [1.29, 1.82) is 0 Å². The van der Waals surface area contributed by atoms with Crippen LogP contribution in [0.2, 0.25) is 0 Å². The molecule has 2 atom stereocenters. The fourth-order valence-corrected chi connectivity index (χ4v) is 3.71. The van der Waals surface area contributed by atoms with Gasteiger partial charge in [-0.2, -0.15) is 13.2 Å². The summed E-state index contributed by atoms with van der Waals surface area (Å²) in [6.45, 7) is 0. The normalized spacial score (nSPS) is 16.4. The van der Waals surface area contributed by atoms with Gasteiger partial charge in [0.1, 0.15) is 0 Å². The molecule has 2 aromatic rings. The van der Waals surface area contributed by atoms with E-state index in [0.717, 1.165) is 19.2 Å². The number of hydrogen-bond acceptors (Lipinski definition) is 3. The molecule has 2 unspecified atom stereocenters. The third-order valence-electron chi connectivity index (χ3n) is 3.38. The van der Waals surface area contributed by atoms with Crippen molar-refractivity contribution in [3.8, 4) is 11.6 Å². The molecule has 0 aromatic heterocycles. The van der Waals surface area contributed by atoms with Crippen LogP contribution in [0.5, 0.6) is 0 Å². The zero-order chi connectivity index (χ0) is 17.8. The second kappa shape index (κ2) is 6.82. The standard InChI is InChI=1S/C17H14F3O3P/c1-23-24(22,13-12-14-8-4-2-5-9-14)16(21,17(18,19)20)15-10-6-3-7-11-15/h2-11,21H,1H3. The van der Waals surface area contributed by atoms with Crippen molar-refractivity contribution >= 4 is 7.37 Å². The topological polar surface area (TPSA) is 46.5 Å². The molecule has 0 radical (unpaired) electrons. The minimum absolute atomic E-state index is 0.354. The molecule has 0 heterocycles. The van der Waals surface area contributed by atoms with E-state index >= 15 is 0 Å². The van der Waals surface area contributed by atoms with Crippen molar-refractivity contribution in [2.45, 2.75) is 11.5 Å². The van der Waals surface area contributed by atoms with Gasteiger partial charge < -0.3 is 9.63 Å². The third-order valence-corrected chi connectivity index (χ3v) is 5.66. The van der Waals surface area contributed by atoms with E-state index in [9.17, 15) is 22.8 Å². The van der Waals surface area contributed by atoms with E-state index in [0.29, 0.717) is 5.56 Å². The summed E-state index contributed by atoms with van der Waals surface area (Å²) in [6.07, 6.45) is -5.24. The highest BCUT2D eigenvalue weighted by molar-refractivity contribution is 7.65. The summed E-state index contributed by atoms with van der Waals surface area (Å²) >= 11 is 0. The van der Waals surface area contributed by atoms with Gasteiger partial charge in [0, 0.05) is 18.2 Å². The zero-order valence-electron chi connectivity index (χ0n) is 12.6. The molecule has 0 aliphatic heterocycles. The molecule has 0 saturated carbocycles. The number of halogens is 3. The molecule has 3 nitrogen and oxygen atoms in total. The van der Waals surface area contributed by atoms with Crippen molar-refractivity contribution in [1.82, 2.24) is 0 Å². The van der Waals surface area contributed by atoms with Crippen LogP contribution in [0.1, 0.15) is 11.1 Å². The van der Waals surface area contributed by atoms with Gasteiger partial charge in [0.2, 0.25) is 0 Å². The summed E-state index contributed by atoms with van der Waals surface area (Å²) in [5.41, 5.74) is 1.78. The molecule has 24 heavy (non-hydrogen) atoms. The molecule has 0 aliphatic carbocycles. The van der Waals surface area contributed by atoms with Crippen LogP contribution in [0.15, 0.2) is 60.7 Å². The number of rotatable bonds is 3. The van der Waals surface area contributed by atoms with E-state index in [1.807, 2.05) is 5.66 Å². The van der Waals surface area contributed by atoms with Crippen molar-refractivity contribution in [2.24, 2.45) is 0 Å². The Morgan fingerprint density at radius 2 is 1.50 bits per heavy atom. The van der Waals surface area contributed by atoms with Gasteiger partial charge in [0.15, 0.2) is 0 Å². The van der Waals surface area contributed by atoms with Crippen LogP contribution in [0, 0.1) is 11.6 Å². The minimum Gasteiger partial charge on any atom is -0.367 e. The second-order valence-electron chi connectivity index (χ2n) is 4.87. The van der Waals surface area contributed by atoms with Gasteiger partial charge in [-0.25, -0.2) is 0 Å². The molecular weight excluding hydrogens is 340 g/mol. The lowest BCUT2D eigenvalue weighted by atomic mass is 10.1. The molecule has 0 aliphatic rings. The Labute approximate surface area is 137 Å². The van der Waals surface area contributed by atoms with Crippen molar-refractivity contribution in [3.05, 3.63) is 71.8 Å². The Kier molecular flexibility index (Phi) is 5.19. The van der Waals surface area contributed by atoms with Crippen LogP contribution >= 0.6 is 7.37 Å². The van der Waals surface area contributed by atoms with E-state index in [1.54, 1.807) is 30.3 Å². The molecule has 7 heteroatoms. The predicted molar refractivity (Wildman–Crippen MR) is 84.3 cm³/mol. The highest BCUT2D eigenvalue weighted by Gasteiger charge is 2.67. The van der Waals surface area contributed by atoms with Crippen LogP contribution < -0.4 is 0 Å². The third kappa shape index (κ3) is 3.25. The molecule has 2 aromatic carbocycles. The number of aliphatic hydroxyl groups is 1. The molecule has 0 amide bonds. The molecule has 0 saturated heterocycles. The summed E-state index contributed by atoms with van der Waals surface area (Å²) in [5, 5.41) is 6.68. The molecular formula is C17H14F3O3P. The molecule has 0 bridgehead atoms. The lowest BCUT2D eigenvalue weighted by molar-refractivity contribution is -0.231. The van der Waals surface area contributed by atoms with E-state index in [-0.39, 0.29) is 0 Å². The highest BCUT2D eigenvalue weighted by atomic mass is 31.2. The first kappa shape index (κ1) is 18.3. The number of hydrogen-bond donors (Lipinski definition) is 1. The Bertz CT molecular complexity index is 795. The Morgan fingerprint density at radius 1 is 1.00 bits per heavy atom. The van der Waals surface area contributed by atoms with Gasteiger partial charge in [-0.15, -0.1) is 0 Å². The molecule has 126 valence electrons. The lowest BCUT2D eigenvalue weighted by Crippen LogP contribution is -2.42. The van der Waals surface area contributed by atoms with E-state index in [2.05, 4.69) is 10.4 Å². The van der Waals surface area contributed by atoms with Crippen molar-refractivity contribution < 1.29 is 27.4 Å². The number of alkyl halides is 3. The minimum atomic E-state index is -5.24. The average Bonchev–Trinajstić information content (AvgIpc) is 2.59. The SMILES string of the molecule is COP(=O)(C#Cc1ccccc1)C(O)(c1ccccc1)C(F)(F)F. The van der Waals surface area contributed by atoms with Crippen molar-refractivity contribution in [3.63, 3.8) is 0 Å². The first-order chi connectivity index (χ1) is 11.2. The van der Waals surface area contributed by atoms with Crippen LogP contribution in [-0.4, -0.2) is 18.4 Å². The molecule has 2 rings (SSSR count). The average molecular weight is 354 g/mol. The first-order valence-electron chi connectivity index (χ1n) is 6.83. The summed E-state index contributed by atoms with van der Waals surface area (Å²) < 4.78 is 58.4. The monoisotopic (exact) mass is 354 g/mol. The van der Waals surface area contributed by atoms with Gasteiger partial charge >= 0.3 is 13.5 Å². The summed E-state index contributed by atoms with van der Waals surface area (Å²) in [7, 11) is -4.03. The molecule has 0 fully saturated rings. The van der Waals surface area contributed by atoms with E-state index in [4.69, 9.17) is 0 Å². The maximum Gasteiger partial charge on any atom is 0.431 e. The second-order valence-corrected chi connectivity index (χ2v) is 7.21. The molecule has 0 spiro atoms. The van der Waals surface area contributed by atoms with Gasteiger partial charge in [0.05, 0.1) is 0 Å². The lowest BCUT2D eigenvalue weighted by Gasteiger charge is -2.33. The van der Waals surface area contributed by atoms with Gasteiger partial charge in [-0.05, 0) is 17.8 Å². The van der Waals surface area contributed by atoms with Crippen LogP contribution in [0.25, 0.3) is 0 Å². The van der Waals surface area contributed by atoms with Gasteiger partial charge in [-0.1, -0.05) is 54.5 Å². The van der Waals surface area contributed by atoms with Crippen LogP contribution in [-0.2, 0) is 14.4 Å². The van der Waals surface area contributed by atoms with Gasteiger partial charge in [0.25, 0.3) is 5.34 Å². The molecule has 1 N–H and O–H groups in total. The van der Waals surface area contributed by atoms with Crippen LogP contribution in [0.4, 0.5) is 13.2 Å². The quantitative estimate of drug-likeness (QED) is 0.659. The smallest absolute Gasteiger partial charge is 0.367 e. The predicted octanol–water partition coefficient (Wildman–Crippen LogP) is 4.33. The van der Waals surface area contributed by atoms with E-state index < -0.39 is 24.5 Å². The first-order valence-corrected chi connectivity index (χ1v) is 8.46. The summed E-state index contributed by atoms with van der Waals surface area (Å²) in [4.78, 5) is 0. The zero-order valence-corrected chi connectivity index (χ0v) is 13.5. The maximum atomic E-state index is 13.6.